The smallest absolute Gasteiger partial charge is 0.248 e. The van der Waals surface area contributed by atoms with Gasteiger partial charge in [-0.05, 0) is 37.6 Å². The Morgan fingerprint density at radius 2 is 2.17 bits per heavy atom. The second-order valence-corrected chi connectivity index (χ2v) is 7.64. The maximum Gasteiger partial charge on any atom is 0.248 e. The van der Waals surface area contributed by atoms with Gasteiger partial charge in [-0.3, -0.25) is 9.59 Å². The Hall–Kier alpha value is -2.35. The third-order valence-corrected chi connectivity index (χ3v) is 6.07. The highest BCUT2D eigenvalue weighted by atomic mass is 32.2. The zero-order valence-electron chi connectivity index (χ0n) is 13.2. The Labute approximate surface area is 143 Å². The number of benzene rings is 1. The van der Waals surface area contributed by atoms with E-state index in [1.54, 1.807) is 27.7 Å². The van der Waals surface area contributed by atoms with Gasteiger partial charge in [-0.2, -0.15) is 5.10 Å². The van der Waals surface area contributed by atoms with Crippen molar-refractivity contribution in [2.45, 2.75) is 30.7 Å². The Morgan fingerprint density at radius 1 is 1.38 bits per heavy atom. The van der Waals surface area contributed by atoms with Gasteiger partial charge in [0, 0.05) is 17.9 Å². The molecule has 1 aromatic carbocycles. The van der Waals surface area contributed by atoms with Gasteiger partial charge < -0.3 is 10.2 Å². The molecule has 2 amide bonds. The highest BCUT2D eigenvalue weighted by Crippen LogP contribution is 2.47. The van der Waals surface area contributed by atoms with Crippen LogP contribution in [0.1, 0.15) is 19.8 Å². The van der Waals surface area contributed by atoms with Gasteiger partial charge in [0.05, 0.1) is 10.6 Å². The summed E-state index contributed by atoms with van der Waals surface area (Å²) in [5, 5.41) is 6.98. The molecule has 1 aromatic heterocycles. The van der Waals surface area contributed by atoms with Crippen molar-refractivity contribution in [3.05, 3.63) is 36.9 Å². The molecule has 0 aliphatic carbocycles. The second kappa shape index (κ2) is 5.62. The van der Waals surface area contributed by atoms with Crippen LogP contribution in [0.3, 0.4) is 0 Å². The number of amides is 2. The Bertz CT molecular complexity index is 776. The fraction of sp³-hybridized carbons (Fsp3) is 0.375. The number of nitrogens with zero attached hydrogens (tertiary/aromatic N) is 4. The van der Waals surface area contributed by atoms with E-state index in [0.29, 0.717) is 17.9 Å². The lowest BCUT2D eigenvalue weighted by molar-refractivity contribution is -0.135. The first-order valence-corrected chi connectivity index (χ1v) is 8.77. The second-order valence-electron chi connectivity index (χ2n) is 6.14. The first-order chi connectivity index (χ1) is 11.6. The number of carbonyl (C=O) groups is 2. The van der Waals surface area contributed by atoms with Crippen LogP contribution in [0.5, 0.6) is 0 Å². The van der Waals surface area contributed by atoms with E-state index in [-0.39, 0.29) is 16.7 Å². The number of hydrogen-bond donors (Lipinski definition) is 1. The molecule has 0 radical (unpaired) electrons. The largest absolute Gasteiger partial charge is 0.324 e. The van der Waals surface area contributed by atoms with Gasteiger partial charge in [0.15, 0.2) is 0 Å². The lowest BCUT2D eigenvalue weighted by Gasteiger charge is -2.29. The molecule has 0 saturated carbocycles. The molecule has 1 N–H and O–H groups in total. The van der Waals surface area contributed by atoms with Gasteiger partial charge in [-0.25, -0.2) is 9.67 Å². The maximum absolute atomic E-state index is 12.6. The molecule has 8 heteroatoms. The van der Waals surface area contributed by atoms with Crippen molar-refractivity contribution in [2.75, 3.05) is 11.1 Å². The third kappa shape index (κ3) is 2.47. The number of aromatic nitrogens is 3. The van der Waals surface area contributed by atoms with Crippen molar-refractivity contribution < 1.29 is 9.59 Å². The average molecular weight is 343 g/mol. The molecular formula is C16H17N5O2S. The standard InChI is InChI=1S/C16H17N5O2S/c1-16-7-6-14(22)21(16)13(8-24-16)15(23)19-11-2-4-12(5-3-11)20-10-17-9-18-20/h2-5,9-10,13H,6-8H2,1H3,(H,19,23). The average Bonchev–Trinajstić information content (AvgIpc) is 3.27. The molecule has 4 rings (SSSR count). The number of rotatable bonds is 3. The number of carbonyl (C=O) groups excluding carboxylic acids is 2. The minimum atomic E-state index is -0.398. The summed E-state index contributed by atoms with van der Waals surface area (Å²) in [6, 6.07) is 6.96. The summed E-state index contributed by atoms with van der Waals surface area (Å²) in [6.45, 7) is 2.04. The summed E-state index contributed by atoms with van der Waals surface area (Å²) < 4.78 is 1.65. The molecule has 124 valence electrons. The van der Waals surface area contributed by atoms with Crippen molar-refractivity contribution in [2.24, 2.45) is 0 Å². The van der Waals surface area contributed by atoms with Crippen LogP contribution >= 0.6 is 11.8 Å². The molecule has 2 saturated heterocycles. The van der Waals surface area contributed by atoms with E-state index < -0.39 is 6.04 Å². The Kier molecular flexibility index (Phi) is 3.56. The van der Waals surface area contributed by atoms with Crippen molar-refractivity contribution in [1.82, 2.24) is 19.7 Å². The Balaban J connectivity index is 1.47. The van der Waals surface area contributed by atoms with Crippen LogP contribution < -0.4 is 5.32 Å². The van der Waals surface area contributed by atoms with Gasteiger partial charge in [-0.15, -0.1) is 11.8 Å². The molecular weight excluding hydrogens is 326 g/mol. The van der Waals surface area contributed by atoms with E-state index in [9.17, 15) is 9.59 Å². The van der Waals surface area contributed by atoms with Crippen molar-refractivity contribution in [3.63, 3.8) is 0 Å². The van der Waals surface area contributed by atoms with Crippen molar-refractivity contribution in [1.29, 1.82) is 0 Å². The lowest BCUT2D eigenvalue weighted by atomic mass is 10.2. The SMILES string of the molecule is CC12CCC(=O)N1C(C(=O)Nc1ccc(-n3cncn3)cc1)CS2. The molecule has 2 fully saturated rings. The minimum absolute atomic E-state index is 0.0733. The number of hydrogen-bond acceptors (Lipinski definition) is 5. The predicted octanol–water partition coefficient (Wildman–Crippen LogP) is 1.66. The summed E-state index contributed by atoms with van der Waals surface area (Å²) >= 11 is 1.69. The molecule has 2 aromatic rings. The van der Waals surface area contributed by atoms with E-state index in [4.69, 9.17) is 0 Å². The van der Waals surface area contributed by atoms with Crippen LogP contribution in [0, 0.1) is 0 Å². The maximum atomic E-state index is 12.6. The van der Waals surface area contributed by atoms with Gasteiger partial charge in [0.25, 0.3) is 0 Å². The molecule has 2 aliphatic rings. The molecule has 0 bridgehead atoms. The molecule has 3 heterocycles. The lowest BCUT2D eigenvalue weighted by Crippen LogP contribution is -2.48. The molecule has 2 aliphatic heterocycles. The number of thioether (sulfide) groups is 1. The van der Waals surface area contributed by atoms with E-state index >= 15 is 0 Å². The normalized spacial score (nSPS) is 25.8. The van der Waals surface area contributed by atoms with Crippen LogP contribution in [0.15, 0.2) is 36.9 Å². The van der Waals surface area contributed by atoms with Crippen LogP contribution in [-0.4, -0.2) is 48.1 Å². The van der Waals surface area contributed by atoms with E-state index in [2.05, 4.69) is 15.4 Å². The Morgan fingerprint density at radius 3 is 2.88 bits per heavy atom. The van der Waals surface area contributed by atoms with E-state index in [0.717, 1.165) is 12.1 Å². The zero-order chi connectivity index (χ0) is 16.7. The van der Waals surface area contributed by atoms with Crippen LogP contribution in [0.4, 0.5) is 5.69 Å². The van der Waals surface area contributed by atoms with Gasteiger partial charge in [-0.1, -0.05) is 0 Å². The summed E-state index contributed by atoms with van der Waals surface area (Å²) in [5.74, 6) is 0.588. The highest BCUT2D eigenvalue weighted by molar-refractivity contribution is 8.01. The monoisotopic (exact) mass is 343 g/mol. The molecule has 7 nitrogen and oxygen atoms in total. The minimum Gasteiger partial charge on any atom is -0.324 e. The topological polar surface area (TPSA) is 80.1 Å². The quantitative estimate of drug-likeness (QED) is 0.917. The first kappa shape index (κ1) is 15.2. The predicted molar refractivity (Wildman–Crippen MR) is 90.7 cm³/mol. The summed E-state index contributed by atoms with van der Waals surface area (Å²) in [5.41, 5.74) is 1.57. The van der Waals surface area contributed by atoms with Crippen LogP contribution in [0.2, 0.25) is 0 Å². The molecule has 2 atom stereocenters. The number of nitrogens with one attached hydrogen (secondary N) is 1. The summed E-state index contributed by atoms with van der Waals surface area (Å²) in [6.07, 6.45) is 4.42. The summed E-state index contributed by atoms with van der Waals surface area (Å²) in [4.78, 5) is 30.2. The van der Waals surface area contributed by atoms with Crippen molar-refractivity contribution >= 4 is 29.3 Å². The van der Waals surface area contributed by atoms with Gasteiger partial charge in [0.1, 0.15) is 18.7 Å². The van der Waals surface area contributed by atoms with Crippen molar-refractivity contribution in [3.8, 4) is 5.69 Å². The zero-order valence-corrected chi connectivity index (χ0v) is 14.0. The summed E-state index contributed by atoms with van der Waals surface area (Å²) in [7, 11) is 0. The fourth-order valence-corrected chi connectivity index (χ4v) is 4.71. The molecule has 0 spiro atoms. The number of fused-ring (bicyclic) bond motifs is 1. The van der Waals surface area contributed by atoms with E-state index in [1.165, 1.54) is 6.33 Å². The first-order valence-electron chi connectivity index (χ1n) is 7.79. The highest BCUT2D eigenvalue weighted by Gasteiger charge is 2.52. The van der Waals surface area contributed by atoms with Crippen LogP contribution in [0.25, 0.3) is 5.69 Å². The van der Waals surface area contributed by atoms with Gasteiger partial charge >= 0.3 is 0 Å². The molecule has 24 heavy (non-hydrogen) atoms. The van der Waals surface area contributed by atoms with E-state index in [1.807, 2.05) is 31.2 Å². The molecule has 2 unspecified atom stereocenters. The fourth-order valence-electron chi connectivity index (χ4n) is 3.28. The third-order valence-electron chi connectivity index (χ3n) is 4.57. The van der Waals surface area contributed by atoms with Gasteiger partial charge in [0.2, 0.25) is 11.8 Å². The van der Waals surface area contributed by atoms with Crippen LogP contribution in [-0.2, 0) is 9.59 Å². The number of anilines is 1.